The van der Waals surface area contributed by atoms with E-state index in [0.29, 0.717) is 23.2 Å². The molecule has 0 bridgehead atoms. The Labute approximate surface area is 150 Å². The first kappa shape index (κ1) is 17.6. The van der Waals surface area contributed by atoms with Gasteiger partial charge in [0, 0.05) is 24.9 Å². The van der Waals surface area contributed by atoms with Gasteiger partial charge in [0.05, 0.1) is 7.11 Å². The van der Waals surface area contributed by atoms with Crippen LogP contribution in [-0.4, -0.2) is 44.1 Å². The molecule has 4 nitrogen and oxygen atoms in total. The van der Waals surface area contributed by atoms with Gasteiger partial charge >= 0.3 is 0 Å². The number of likely N-dealkylation sites (tertiary alicyclic amines) is 1. The van der Waals surface area contributed by atoms with E-state index in [-0.39, 0.29) is 12.4 Å². The maximum atomic E-state index is 12.9. The summed E-state index contributed by atoms with van der Waals surface area (Å²) in [5, 5.41) is 3.41. The Hall–Kier alpha value is -1.26. The van der Waals surface area contributed by atoms with Crippen LogP contribution in [0.1, 0.15) is 37.2 Å². The second-order valence-corrected chi connectivity index (χ2v) is 7.38. The zero-order chi connectivity index (χ0) is 15.9. The predicted molar refractivity (Wildman–Crippen MR) is 96.8 cm³/mol. The zero-order valence-corrected chi connectivity index (χ0v) is 15.1. The van der Waals surface area contributed by atoms with Crippen LogP contribution in [0.5, 0.6) is 5.75 Å². The highest BCUT2D eigenvalue weighted by atomic mass is 35.5. The zero-order valence-electron chi connectivity index (χ0n) is 14.3. The molecular formula is C19H27ClN2O2. The number of hydrogen-bond donors (Lipinski definition) is 1. The third-order valence-corrected chi connectivity index (χ3v) is 6.17. The first-order valence-corrected chi connectivity index (χ1v) is 8.86. The Balaban J connectivity index is 0.00000169. The molecule has 2 heterocycles. The molecule has 2 saturated heterocycles. The normalized spacial score (nSPS) is 27.6. The van der Waals surface area contributed by atoms with Crippen molar-refractivity contribution in [3.8, 4) is 5.75 Å². The largest absolute Gasteiger partial charge is 0.496 e. The first-order chi connectivity index (χ1) is 11.2. The SMILES string of the molecule is COc1ccccc1C1CCN(C(=O)C2CC23CCNCC3)C1.Cl. The number of piperidine rings is 1. The number of amides is 1. The summed E-state index contributed by atoms with van der Waals surface area (Å²) in [6.07, 6.45) is 4.51. The van der Waals surface area contributed by atoms with Crippen molar-refractivity contribution >= 4 is 18.3 Å². The maximum absolute atomic E-state index is 12.9. The average molecular weight is 351 g/mol. The lowest BCUT2D eigenvalue weighted by atomic mass is 9.91. The molecule has 3 aliphatic rings. The van der Waals surface area contributed by atoms with Gasteiger partial charge in [-0.05, 0) is 55.8 Å². The van der Waals surface area contributed by atoms with E-state index in [1.54, 1.807) is 7.11 Å². The van der Waals surface area contributed by atoms with E-state index in [9.17, 15) is 4.79 Å². The molecule has 1 aliphatic carbocycles. The minimum Gasteiger partial charge on any atom is -0.496 e. The van der Waals surface area contributed by atoms with Crippen molar-refractivity contribution in [2.24, 2.45) is 11.3 Å². The van der Waals surface area contributed by atoms with Gasteiger partial charge in [-0.15, -0.1) is 12.4 Å². The van der Waals surface area contributed by atoms with Gasteiger partial charge in [-0.3, -0.25) is 4.79 Å². The summed E-state index contributed by atoms with van der Waals surface area (Å²) >= 11 is 0. The molecule has 1 saturated carbocycles. The molecule has 0 radical (unpaired) electrons. The minimum atomic E-state index is 0. The van der Waals surface area contributed by atoms with Crippen molar-refractivity contribution < 1.29 is 9.53 Å². The van der Waals surface area contributed by atoms with E-state index in [1.165, 1.54) is 18.4 Å². The summed E-state index contributed by atoms with van der Waals surface area (Å²) in [5.41, 5.74) is 1.59. The van der Waals surface area contributed by atoms with Crippen LogP contribution in [0.3, 0.4) is 0 Å². The van der Waals surface area contributed by atoms with Gasteiger partial charge in [0.1, 0.15) is 5.75 Å². The fraction of sp³-hybridized carbons (Fsp3) is 0.632. The number of nitrogens with one attached hydrogen (secondary N) is 1. The molecule has 5 heteroatoms. The molecule has 1 N–H and O–H groups in total. The van der Waals surface area contributed by atoms with Crippen LogP contribution in [-0.2, 0) is 4.79 Å². The summed E-state index contributed by atoms with van der Waals surface area (Å²) in [7, 11) is 1.72. The minimum absolute atomic E-state index is 0. The lowest BCUT2D eigenvalue weighted by molar-refractivity contribution is -0.132. The number of carbonyl (C=O) groups excluding carboxylic acids is 1. The Morgan fingerprint density at radius 3 is 2.79 bits per heavy atom. The third kappa shape index (κ3) is 3.02. The summed E-state index contributed by atoms with van der Waals surface area (Å²) in [6, 6.07) is 8.23. The van der Waals surface area contributed by atoms with Gasteiger partial charge in [-0.25, -0.2) is 0 Å². The number of ether oxygens (including phenoxy) is 1. The van der Waals surface area contributed by atoms with Crippen LogP contribution in [0.25, 0.3) is 0 Å². The van der Waals surface area contributed by atoms with Crippen molar-refractivity contribution in [2.45, 2.75) is 31.6 Å². The number of para-hydroxylation sites is 1. The number of hydrogen-bond acceptors (Lipinski definition) is 3. The number of halogens is 1. The molecule has 24 heavy (non-hydrogen) atoms. The number of rotatable bonds is 3. The topological polar surface area (TPSA) is 41.6 Å². The van der Waals surface area contributed by atoms with Crippen molar-refractivity contribution in [3.05, 3.63) is 29.8 Å². The predicted octanol–water partition coefficient (Wildman–Crippen LogP) is 2.82. The lowest BCUT2D eigenvalue weighted by Gasteiger charge is -2.25. The van der Waals surface area contributed by atoms with Crippen LogP contribution >= 0.6 is 12.4 Å². The monoisotopic (exact) mass is 350 g/mol. The number of methoxy groups -OCH3 is 1. The first-order valence-electron chi connectivity index (χ1n) is 8.86. The fourth-order valence-electron chi connectivity index (χ4n) is 4.61. The molecule has 4 rings (SSSR count). The summed E-state index contributed by atoms with van der Waals surface area (Å²) in [5.74, 6) is 2.07. The smallest absolute Gasteiger partial charge is 0.226 e. The molecule has 0 aromatic heterocycles. The molecule has 2 atom stereocenters. The Morgan fingerprint density at radius 1 is 1.29 bits per heavy atom. The van der Waals surface area contributed by atoms with Gasteiger partial charge in [-0.1, -0.05) is 18.2 Å². The van der Waals surface area contributed by atoms with Crippen LogP contribution in [0.4, 0.5) is 0 Å². The van der Waals surface area contributed by atoms with Crippen LogP contribution in [0.2, 0.25) is 0 Å². The molecule has 1 amide bonds. The number of nitrogens with zero attached hydrogens (tertiary/aromatic N) is 1. The molecule has 2 unspecified atom stereocenters. The van der Waals surface area contributed by atoms with Gasteiger partial charge in [0.2, 0.25) is 5.91 Å². The Bertz CT molecular complexity index is 601. The summed E-state index contributed by atoms with van der Waals surface area (Å²) in [6.45, 7) is 3.90. The van der Waals surface area contributed by atoms with Gasteiger partial charge < -0.3 is 15.0 Å². The van der Waals surface area contributed by atoms with Crippen molar-refractivity contribution in [3.63, 3.8) is 0 Å². The second-order valence-electron chi connectivity index (χ2n) is 7.38. The van der Waals surface area contributed by atoms with Gasteiger partial charge in [-0.2, -0.15) is 0 Å². The molecular weight excluding hydrogens is 324 g/mol. The molecule has 3 fully saturated rings. The van der Waals surface area contributed by atoms with Crippen molar-refractivity contribution in [1.82, 2.24) is 10.2 Å². The van der Waals surface area contributed by atoms with E-state index >= 15 is 0 Å². The standard InChI is InChI=1S/C19H26N2O2.ClH/c1-23-17-5-3-2-4-15(17)14-6-11-21(13-14)18(22)16-12-19(16)7-9-20-10-8-19;/h2-5,14,16,20H,6-13H2,1H3;1H. The highest BCUT2D eigenvalue weighted by Gasteiger charge is 2.58. The van der Waals surface area contributed by atoms with E-state index in [4.69, 9.17) is 4.74 Å². The van der Waals surface area contributed by atoms with Crippen LogP contribution in [0, 0.1) is 11.3 Å². The fourth-order valence-corrected chi connectivity index (χ4v) is 4.61. The lowest BCUT2D eigenvalue weighted by Crippen LogP contribution is -2.35. The van der Waals surface area contributed by atoms with Crippen LogP contribution < -0.4 is 10.1 Å². The second kappa shape index (κ2) is 6.93. The molecule has 1 aromatic carbocycles. The Kier molecular flexibility index (Phi) is 5.07. The highest BCUT2D eigenvalue weighted by Crippen LogP contribution is 2.59. The third-order valence-electron chi connectivity index (χ3n) is 6.17. The molecule has 132 valence electrons. The maximum Gasteiger partial charge on any atom is 0.226 e. The summed E-state index contributed by atoms with van der Waals surface area (Å²) < 4.78 is 5.49. The average Bonchev–Trinajstić information content (AvgIpc) is 3.07. The van der Waals surface area contributed by atoms with Crippen molar-refractivity contribution in [2.75, 3.05) is 33.3 Å². The quantitative estimate of drug-likeness (QED) is 0.911. The van der Waals surface area contributed by atoms with Crippen LogP contribution in [0.15, 0.2) is 24.3 Å². The van der Waals surface area contributed by atoms with E-state index in [2.05, 4.69) is 22.3 Å². The van der Waals surface area contributed by atoms with Gasteiger partial charge in [0.15, 0.2) is 0 Å². The van der Waals surface area contributed by atoms with Crippen molar-refractivity contribution in [1.29, 1.82) is 0 Å². The number of carbonyl (C=O) groups is 1. The summed E-state index contributed by atoms with van der Waals surface area (Å²) in [4.78, 5) is 15.0. The molecule has 2 aliphatic heterocycles. The Morgan fingerprint density at radius 2 is 2.04 bits per heavy atom. The molecule has 1 spiro atoms. The van der Waals surface area contributed by atoms with E-state index < -0.39 is 0 Å². The highest BCUT2D eigenvalue weighted by molar-refractivity contribution is 5.85. The van der Waals surface area contributed by atoms with E-state index in [0.717, 1.165) is 44.8 Å². The molecule has 1 aromatic rings. The van der Waals surface area contributed by atoms with Gasteiger partial charge in [0.25, 0.3) is 0 Å². The number of benzene rings is 1. The van der Waals surface area contributed by atoms with E-state index in [1.807, 2.05) is 12.1 Å².